The van der Waals surface area contributed by atoms with Gasteiger partial charge >= 0.3 is 5.97 Å². The zero-order chi connectivity index (χ0) is 19.8. The fourth-order valence-electron chi connectivity index (χ4n) is 3.44. The van der Waals surface area contributed by atoms with Gasteiger partial charge in [-0.1, -0.05) is 30.3 Å². The van der Waals surface area contributed by atoms with E-state index in [1.54, 1.807) is 0 Å². The molecule has 0 atom stereocenters. The molecule has 1 aliphatic rings. The first-order chi connectivity index (χ1) is 13.7. The number of esters is 1. The van der Waals surface area contributed by atoms with Gasteiger partial charge in [-0.3, -0.25) is 0 Å². The van der Waals surface area contributed by atoms with Crippen molar-refractivity contribution in [2.45, 2.75) is 25.9 Å². The second kappa shape index (κ2) is 9.83. The molecule has 0 spiro atoms. The molecule has 0 amide bonds. The Hall–Kier alpha value is -2.95. The molecule has 1 saturated heterocycles. The monoisotopic (exact) mass is 381 g/mol. The van der Waals surface area contributed by atoms with Crippen molar-refractivity contribution in [2.75, 3.05) is 32.2 Å². The molecule has 0 aromatic heterocycles. The van der Waals surface area contributed by atoms with E-state index in [0.29, 0.717) is 12.2 Å². The lowest BCUT2D eigenvalue weighted by molar-refractivity contribution is -0.133. The molecule has 0 radical (unpaired) electrons. The topological polar surface area (TPSA) is 48.0 Å². The van der Waals surface area contributed by atoms with E-state index in [4.69, 9.17) is 14.2 Å². The Morgan fingerprint density at radius 3 is 2.57 bits per heavy atom. The van der Waals surface area contributed by atoms with Crippen molar-refractivity contribution in [1.82, 2.24) is 0 Å². The summed E-state index contributed by atoms with van der Waals surface area (Å²) in [5.74, 6) is 0.370. The molecule has 0 bridgehead atoms. The van der Waals surface area contributed by atoms with E-state index in [1.807, 2.05) is 36.4 Å². The number of hydrogen-bond acceptors (Lipinski definition) is 5. The number of carbonyl (C=O) groups excluding carboxylic acids is 1. The summed E-state index contributed by atoms with van der Waals surface area (Å²) < 4.78 is 16.0. The van der Waals surface area contributed by atoms with Crippen molar-refractivity contribution in [1.29, 1.82) is 0 Å². The van der Waals surface area contributed by atoms with Gasteiger partial charge in [0.1, 0.15) is 17.9 Å². The second-order valence-electron chi connectivity index (χ2n) is 6.75. The predicted octanol–water partition coefficient (Wildman–Crippen LogP) is 4.42. The molecular formula is C23H27NO4. The summed E-state index contributed by atoms with van der Waals surface area (Å²) in [6, 6.07) is 15.8. The lowest BCUT2D eigenvalue weighted by Crippen LogP contribution is -2.29. The van der Waals surface area contributed by atoms with Crippen LogP contribution in [0.4, 0.5) is 5.69 Å². The largest absolute Gasteiger partial charge is 0.503 e. The Bertz CT molecular complexity index is 825. The maximum atomic E-state index is 12.1. The molecule has 148 valence electrons. The van der Waals surface area contributed by atoms with E-state index in [2.05, 4.69) is 17.0 Å². The van der Waals surface area contributed by atoms with Crippen molar-refractivity contribution in [3.8, 4) is 5.75 Å². The number of benzene rings is 2. The van der Waals surface area contributed by atoms with Crippen LogP contribution in [0.25, 0.3) is 5.57 Å². The van der Waals surface area contributed by atoms with Gasteiger partial charge in [-0.05, 0) is 42.5 Å². The van der Waals surface area contributed by atoms with Gasteiger partial charge in [-0.2, -0.15) is 0 Å². The van der Waals surface area contributed by atoms with Crippen LogP contribution < -0.4 is 9.64 Å². The van der Waals surface area contributed by atoms with Crippen molar-refractivity contribution < 1.29 is 19.0 Å². The summed E-state index contributed by atoms with van der Waals surface area (Å²) in [6.45, 7) is 2.53. The summed E-state index contributed by atoms with van der Waals surface area (Å²) in [4.78, 5) is 14.5. The third-order valence-electron chi connectivity index (χ3n) is 4.88. The van der Waals surface area contributed by atoms with Crippen molar-refractivity contribution in [3.63, 3.8) is 0 Å². The van der Waals surface area contributed by atoms with Crippen LogP contribution in [0.5, 0.6) is 5.75 Å². The molecule has 3 rings (SSSR count). The molecule has 0 saturated carbocycles. The van der Waals surface area contributed by atoms with Crippen molar-refractivity contribution in [3.05, 3.63) is 65.9 Å². The summed E-state index contributed by atoms with van der Waals surface area (Å²) in [5.41, 5.74) is 3.19. The molecule has 1 aliphatic heterocycles. The molecule has 1 heterocycles. The van der Waals surface area contributed by atoms with Crippen molar-refractivity contribution >= 4 is 17.2 Å². The van der Waals surface area contributed by atoms with E-state index < -0.39 is 5.97 Å². The number of nitrogens with zero attached hydrogens (tertiary/aromatic N) is 1. The fraction of sp³-hybridized carbons (Fsp3) is 0.348. The van der Waals surface area contributed by atoms with E-state index in [0.717, 1.165) is 30.0 Å². The van der Waals surface area contributed by atoms with Gasteiger partial charge in [0.25, 0.3) is 0 Å². The zero-order valence-electron chi connectivity index (χ0n) is 16.5. The third kappa shape index (κ3) is 4.85. The average Bonchev–Trinajstić information content (AvgIpc) is 2.76. The lowest BCUT2D eigenvalue weighted by Gasteiger charge is -2.29. The zero-order valence-corrected chi connectivity index (χ0v) is 16.5. The van der Waals surface area contributed by atoms with Gasteiger partial charge in [0.15, 0.2) is 0 Å². The predicted molar refractivity (Wildman–Crippen MR) is 110 cm³/mol. The van der Waals surface area contributed by atoms with Crippen LogP contribution in [0.3, 0.4) is 0 Å². The Labute approximate surface area is 166 Å². The van der Waals surface area contributed by atoms with Crippen LogP contribution in [0.2, 0.25) is 0 Å². The summed E-state index contributed by atoms with van der Waals surface area (Å²) in [6.07, 6.45) is 5.18. The molecule has 5 nitrogen and oxygen atoms in total. The Morgan fingerprint density at radius 2 is 1.82 bits per heavy atom. The maximum Gasteiger partial charge on any atom is 0.341 e. The first-order valence-electron chi connectivity index (χ1n) is 9.60. The van der Waals surface area contributed by atoms with E-state index in [1.165, 1.54) is 45.4 Å². The minimum Gasteiger partial charge on any atom is -0.503 e. The summed E-state index contributed by atoms with van der Waals surface area (Å²) in [5, 5.41) is 0. The highest BCUT2D eigenvalue weighted by Crippen LogP contribution is 2.26. The number of ether oxygens (including phenoxy) is 3. The van der Waals surface area contributed by atoms with Gasteiger partial charge < -0.3 is 19.1 Å². The van der Waals surface area contributed by atoms with Gasteiger partial charge in [-0.15, -0.1) is 0 Å². The highest BCUT2D eigenvalue weighted by Gasteiger charge is 2.17. The Balaban J connectivity index is 1.76. The second-order valence-corrected chi connectivity index (χ2v) is 6.75. The van der Waals surface area contributed by atoms with Crippen LogP contribution in [-0.4, -0.2) is 33.3 Å². The lowest BCUT2D eigenvalue weighted by atomic mass is 10.0. The number of methoxy groups -OCH3 is 2. The molecule has 0 aliphatic carbocycles. The van der Waals surface area contributed by atoms with Crippen LogP contribution >= 0.6 is 0 Å². The molecule has 0 unspecified atom stereocenters. The Morgan fingerprint density at radius 1 is 1.04 bits per heavy atom. The van der Waals surface area contributed by atoms with Crippen LogP contribution in [0.1, 0.15) is 30.4 Å². The number of carbonyl (C=O) groups is 1. The smallest absolute Gasteiger partial charge is 0.341 e. The molecular weight excluding hydrogens is 354 g/mol. The van der Waals surface area contributed by atoms with Gasteiger partial charge in [0.2, 0.25) is 0 Å². The van der Waals surface area contributed by atoms with Crippen LogP contribution in [-0.2, 0) is 20.9 Å². The molecule has 28 heavy (non-hydrogen) atoms. The molecule has 1 fully saturated rings. The number of hydrogen-bond donors (Lipinski definition) is 0. The average molecular weight is 381 g/mol. The molecule has 2 aromatic rings. The quantitative estimate of drug-likeness (QED) is 0.404. The Kier molecular flexibility index (Phi) is 6.95. The summed E-state index contributed by atoms with van der Waals surface area (Å²) >= 11 is 0. The number of rotatable bonds is 7. The van der Waals surface area contributed by atoms with E-state index >= 15 is 0 Å². The molecule has 0 N–H and O–H groups in total. The molecule has 2 aromatic carbocycles. The fourth-order valence-corrected chi connectivity index (χ4v) is 3.44. The number of anilines is 1. The molecule has 5 heteroatoms. The van der Waals surface area contributed by atoms with E-state index in [-0.39, 0.29) is 0 Å². The highest BCUT2D eigenvalue weighted by molar-refractivity contribution is 6.16. The normalized spacial score (nSPS) is 14.5. The third-order valence-corrected chi connectivity index (χ3v) is 4.88. The highest BCUT2D eigenvalue weighted by atomic mass is 16.5. The van der Waals surface area contributed by atoms with Crippen LogP contribution in [0.15, 0.2) is 54.8 Å². The van der Waals surface area contributed by atoms with Gasteiger partial charge in [0, 0.05) is 24.8 Å². The summed E-state index contributed by atoms with van der Waals surface area (Å²) in [7, 11) is 2.87. The van der Waals surface area contributed by atoms with Crippen LogP contribution in [0, 0.1) is 0 Å². The van der Waals surface area contributed by atoms with Gasteiger partial charge in [-0.25, -0.2) is 4.79 Å². The SMILES string of the molecule is CO/C=C(/C(=O)OC)c1ccccc1COc1cccc(N2CCCCC2)c1. The first kappa shape index (κ1) is 19.8. The van der Waals surface area contributed by atoms with E-state index in [9.17, 15) is 4.79 Å². The standard InChI is InChI=1S/C23H27NO4/c1-26-17-22(23(25)27-2)21-12-5-4-9-18(21)16-28-20-11-8-10-19(15-20)24-13-6-3-7-14-24/h4-5,8-12,15,17H,3,6-7,13-14,16H2,1-2H3/b22-17+. The first-order valence-corrected chi connectivity index (χ1v) is 9.60. The van der Waals surface area contributed by atoms with Crippen molar-refractivity contribution in [2.24, 2.45) is 0 Å². The minimum atomic E-state index is -0.443. The number of piperidine rings is 1. The minimum absolute atomic E-state index is 0.345. The van der Waals surface area contributed by atoms with Gasteiger partial charge in [0.05, 0.1) is 20.5 Å². The maximum absolute atomic E-state index is 12.1.